The molecule has 0 fully saturated rings. The minimum Gasteiger partial charge on any atom is -0.495 e. The fraction of sp³-hybridized carbons (Fsp3) is 0.250. The Morgan fingerprint density at radius 2 is 1.97 bits per heavy atom. The van der Waals surface area contributed by atoms with Crippen LogP contribution in [0.5, 0.6) is 5.75 Å². The summed E-state index contributed by atoms with van der Waals surface area (Å²) in [4.78, 5) is 11.7. The van der Waals surface area contributed by atoms with Gasteiger partial charge in [0.05, 0.1) is 31.4 Å². The van der Waals surface area contributed by atoms with Crippen molar-refractivity contribution in [3.8, 4) is 23.3 Å². The van der Waals surface area contributed by atoms with E-state index in [1.807, 2.05) is 35.9 Å². The minimum atomic E-state index is -0.999. The van der Waals surface area contributed by atoms with Crippen LogP contribution in [-0.4, -0.2) is 45.7 Å². The van der Waals surface area contributed by atoms with Crippen molar-refractivity contribution in [2.24, 2.45) is 5.16 Å². The Kier molecular flexibility index (Phi) is 5.84. The summed E-state index contributed by atoms with van der Waals surface area (Å²) < 4.78 is 20.8. The summed E-state index contributed by atoms with van der Waals surface area (Å²) in [7, 11) is 1.60. The van der Waals surface area contributed by atoms with Crippen molar-refractivity contribution >= 4 is 5.84 Å². The maximum Gasteiger partial charge on any atom is 0.235 e. The summed E-state index contributed by atoms with van der Waals surface area (Å²) in [6.07, 6.45) is 3.64. The molecular weight excluding hydrogens is 411 g/mol. The first kappa shape index (κ1) is 21.4. The Bertz CT molecular complexity index is 1210. The third-order valence-corrected chi connectivity index (χ3v) is 5.27. The van der Waals surface area contributed by atoms with Crippen molar-refractivity contribution in [2.45, 2.75) is 19.6 Å². The Hall–Kier alpha value is -3.83. The number of aliphatic hydroxyl groups excluding tert-OH is 1. The van der Waals surface area contributed by atoms with Gasteiger partial charge in [-0.15, -0.1) is 0 Å². The molecule has 1 aliphatic heterocycles. The molecule has 3 aromatic rings. The van der Waals surface area contributed by atoms with Gasteiger partial charge in [0, 0.05) is 30.8 Å². The Morgan fingerprint density at radius 1 is 1.19 bits per heavy atom. The van der Waals surface area contributed by atoms with E-state index in [9.17, 15) is 9.50 Å². The van der Waals surface area contributed by atoms with Gasteiger partial charge in [0.2, 0.25) is 11.6 Å². The van der Waals surface area contributed by atoms with E-state index >= 15 is 0 Å². The van der Waals surface area contributed by atoms with Gasteiger partial charge in [0.15, 0.2) is 0 Å². The number of β-amino-alcohol motifs (C(OH)–C–C–N with tert-alkyl or cyclic N) is 1. The predicted octanol–water partition coefficient (Wildman–Crippen LogP) is 3.19. The molecule has 0 bridgehead atoms. The number of aryl methyl sites for hydroxylation is 1. The topological polar surface area (TPSA) is 72.1 Å². The zero-order chi connectivity index (χ0) is 22.7. The summed E-state index contributed by atoms with van der Waals surface area (Å²) in [5, 5.41) is 13.7. The van der Waals surface area contributed by atoms with Crippen LogP contribution in [0.2, 0.25) is 0 Å². The number of nitrogens with zero attached hydrogens (tertiary/aromatic N) is 4. The van der Waals surface area contributed by atoms with Crippen LogP contribution in [0.25, 0.3) is 5.69 Å². The summed E-state index contributed by atoms with van der Waals surface area (Å²) in [5.41, 5.74) is 2.19. The number of rotatable bonds is 5. The quantitative estimate of drug-likeness (QED) is 0.625. The van der Waals surface area contributed by atoms with Crippen LogP contribution in [0.4, 0.5) is 4.39 Å². The van der Waals surface area contributed by atoms with Crippen LogP contribution in [0.1, 0.15) is 23.7 Å². The first-order valence-electron chi connectivity index (χ1n) is 10.1. The van der Waals surface area contributed by atoms with E-state index in [4.69, 9.17) is 9.57 Å². The zero-order valence-corrected chi connectivity index (χ0v) is 18.0. The van der Waals surface area contributed by atoms with Crippen molar-refractivity contribution in [1.29, 1.82) is 0 Å². The lowest BCUT2D eigenvalue weighted by Gasteiger charge is -2.33. The molecule has 0 saturated carbocycles. The number of hydrogen-bond acceptors (Lipinski definition) is 6. The smallest absolute Gasteiger partial charge is 0.235 e. The predicted molar refractivity (Wildman–Crippen MR) is 118 cm³/mol. The summed E-state index contributed by atoms with van der Waals surface area (Å²) >= 11 is 0. The van der Waals surface area contributed by atoms with Crippen LogP contribution < -0.4 is 4.74 Å². The number of imidazole rings is 1. The molecule has 8 heteroatoms. The van der Waals surface area contributed by atoms with Gasteiger partial charge < -0.3 is 24.1 Å². The molecule has 32 heavy (non-hydrogen) atoms. The third-order valence-electron chi connectivity index (χ3n) is 5.27. The average Bonchev–Trinajstić information content (AvgIpc) is 3.37. The van der Waals surface area contributed by atoms with Gasteiger partial charge in [-0.05, 0) is 43.2 Å². The molecule has 7 nitrogen and oxygen atoms in total. The van der Waals surface area contributed by atoms with Crippen molar-refractivity contribution in [1.82, 2.24) is 14.5 Å². The molecule has 1 aliphatic rings. The number of benzene rings is 2. The number of hydrogen-bond donors (Lipinski definition) is 1. The zero-order valence-electron chi connectivity index (χ0n) is 18.0. The summed E-state index contributed by atoms with van der Waals surface area (Å²) in [6, 6.07) is 11.6. The number of halogens is 1. The molecule has 1 N–H and O–H groups in total. The molecule has 1 atom stereocenters. The maximum atomic E-state index is 13.4. The third kappa shape index (κ3) is 4.03. The first-order valence-corrected chi connectivity index (χ1v) is 10.1. The normalized spacial score (nSPS) is 17.4. The Morgan fingerprint density at radius 3 is 2.62 bits per heavy atom. The SMILES string of the molecule is COc1cc(C#CC2=NO[C@](C)(c3ccc(F)cc3)N2CCO)ccc1-n1cnc(C)c1. The highest BCUT2D eigenvalue weighted by atomic mass is 19.1. The largest absolute Gasteiger partial charge is 0.495 e. The van der Waals surface area contributed by atoms with Crippen LogP contribution in [0.3, 0.4) is 0 Å². The van der Waals surface area contributed by atoms with E-state index in [0.717, 1.165) is 16.9 Å². The van der Waals surface area contributed by atoms with Gasteiger partial charge >= 0.3 is 0 Å². The lowest BCUT2D eigenvalue weighted by molar-refractivity contribution is -0.0932. The molecule has 0 spiro atoms. The molecule has 0 unspecified atom stereocenters. The minimum absolute atomic E-state index is 0.117. The molecule has 0 amide bonds. The molecule has 0 saturated heterocycles. The van der Waals surface area contributed by atoms with Gasteiger partial charge in [-0.3, -0.25) is 0 Å². The van der Waals surface area contributed by atoms with Gasteiger partial charge in [0.1, 0.15) is 11.6 Å². The van der Waals surface area contributed by atoms with Gasteiger partial charge in [0.25, 0.3) is 0 Å². The molecule has 0 aliphatic carbocycles. The number of ether oxygens (including phenoxy) is 1. The second-order valence-electron chi connectivity index (χ2n) is 7.43. The fourth-order valence-electron chi connectivity index (χ4n) is 3.56. The number of amidine groups is 1. The summed E-state index contributed by atoms with van der Waals surface area (Å²) in [6.45, 7) is 3.86. The molecule has 2 heterocycles. The van der Waals surface area contributed by atoms with Crippen LogP contribution in [0, 0.1) is 24.6 Å². The van der Waals surface area contributed by atoms with E-state index in [1.54, 1.807) is 37.4 Å². The van der Waals surface area contributed by atoms with Crippen molar-refractivity contribution in [3.05, 3.63) is 77.6 Å². The van der Waals surface area contributed by atoms with E-state index in [0.29, 0.717) is 17.1 Å². The highest BCUT2D eigenvalue weighted by molar-refractivity contribution is 5.99. The van der Waals surface area contributed by atoms with E-state index in [1.165, 1.54) is 12.1 Å². The van der Waals surface area contributed by atoms with E-state index in [-0.39, 0.29) is 19.0 Å². The van der Waals surface area contributed by atoms with Gasteiger partial charge in [-0.1, -0.05) is 23.2 Å². The average molecular weight is 434 g/mol. The molecular formula is C24H23FN4O3. The summed E-state index contributed by atoms with van der Waals surface area (Å²) in [5.74, 6) is 6.80. The molecule has 2 aromatic carbocycles. The standard InChI is InChI=1S/C24H23FN4O3/c1-17-15-28(16-26-17)21-10-4-18(14-22(21)31-3)5-11-23-27-32-24(2,29(23)12-13-30)19-6-8-20(25)9-7-19/h4,6-10,14-16,30H,12-13H2,1-3H3/t24-/m1/s1. The first-order chi connectivity index (χ1) is 15.4. The highest BCUT2D eigenvalue weighted by Gasteiger charge is 2.42. The number of aromatic nitrogens is 2. The van der Waals surface area contributed by atoms with Crippen LogP contribution in [-0.2, 0) is 10.6 Å². The van der Waals surface area contributed by atoms with Crippen molar-refractivity contribution in [3.63, 3.8) is 0 Å². The number of aliphatic hydroxyl groups is 1. The van der Waals surface area contributed by atoms with Crippen LogP contribution >= 0.6 is 0 Å². The van der Waals surface area contributed by atoms with Crippen molar-refractivity contribution in [2.75, 3.05) is 20.3 Å². The Balaban J connectivity index is 1.62. The molecule has 0 radical (unpaired) electrons. The highest BCUT2D eigenvalue weighted by Crippen LogP contribution is 2.34. The Labute approximate surface area is 185 Å². The maximum absolute atomic E-state index is 13.4. The fourth-order valence-corrected chi connectivity index (χ4v) is 3.56. The molecule has 4 rings (SSSR count). The van der Waals surface area contributed by atoms with Crippen LogP contribution in [0.15, 0.2) is 60.1 Å². The molecule has 164 valence electrons. The lowest BCUT2D eigenvalue weighted by atomic mass is 10.0. The van der Waals surface area contributed by atoms with E-state index < -0.39 is 5.72 Å². The number of oxime groups is 1. The van der Waals surface area contributed by atoms with Crippen molar-refractivity contribution < 1.29 is 19.1 Å². The lowest BCUT2D eigenvalue weighted by Crippen LogP contribution is -2.45. The monoisotopic (exact) mass is 434 g/mol. The van der Waals surface area contributed by atoms with Gasteiger partial charge in [-0.2, -0.15) is 0 Å². The van der Waals surface area contributed by atoms with E-state index in [2.05, 4.69) is 22.0 Å². The second-order valence-corrected chi connectivity index (χ2v) is 7.43. The second kappa shape index (κ2) is 8.73. The van der Waals surface area contributed by atoms with Gasteiger partial charge in [-0.25, -0.2) is 9.37 Å². The number of methoxy groups -OCH3 is 1. The molecule has 1 aromatic heterocycles.